The number of nitrogens with one attached hydrogen (secondary N) is 1. The van der Waals surface area contributed by atoms with E-state index in [9.17, 15) is 9.59 Å². The van der Waals surface area contributed by atoms with Crippen LogP contribution in [-0.4, -0.2) is 47.0 Å². The summed E-state index contributed by atoms with van der Waals surface area (Å²) in [6, 6.07) is 13.6. The second-order valence-electron chi connectivity index (χ2n) is 14.9. The lowest BCUT2D eigenvalue weighted by molar-refractivity contribution is -0.173. The maximum Gasteiger partial charge on any atom is 0.332 e. The second kappa shape index (κ2) is 14.8. The molecule has 0 radical (unpaired) electrons. The molecule has 2 saturated carbocycles. The van der Waals surface area contributed by atoms with Crippen LogP contribution in [0.2, 0.25) is 0 Å². The van der Waals surface area contributed by atoms with Crippen LogP contribution in [0.25, 0.3) is 16.9 Å². The van der Waals surface area contributed by atoms with Crippen molar-refractivity contribution in [3.63, 3.8) is 0 Å². The number of carbonyl (C=O) groups excluding carboxylic acids is 2. The number of hydrogen-bond acceptors (Lipinski definition) is 6. The number of carbonyl (C=O) groups is 2. The standard InChI is InChI=1S/C38H51N3O5.C2H6/c1-22(2)28-18-23(3)14-15-30(28)41-31(34-32(44-9)12-11-13-33(34)45-10)21-29(40-41)35(42)39-38(36(43)46-37(6,7)8)25(5)19-26-16-24(4)17-27(38)20-26;1-2/h11-15,18,21-22,24-27H,16-17,19-20H2,1-10H3,(H,39,42);1-2H3. The monoisotopic (exact) mass is 659 g/mol. The number of aryl methyl sites for hydroxylation is 1. The molecule has 5 unspecified atom stereocenters. The Labute approximate surface area is 287 Å². The van der Waals surface area contributed by atoms with E-state index in [2.05, 4.69) is 46.0 Å². The molecule has 3 aromatic rings. The fourth-order valence-electron chi connectivity index (χ4n) is 7.94. The number of esters is 1. The number of benzene rings is 2. The average molecular weight is 660 g/mol. The van der Waals surface area contributed by atoms with E-state index in [-0.39, 0.29) is 29.4 Å². The molecule has 0 saturated heterocycles. The molecule has 1 amide bonds. The number of nitrogens with zero attached hydrogens (tertiary/aromatic N) is 2. The van der Waals surface area contributed by atoms with E-state index >= 15 is 0 Å². The summed E-state index contributed by atoms with van der Waals surface area (Å²) in [5.74, 6) is 1.52. The van der Waals surface area contributed by atoms with Crippen LogP contribution in [0.4, 0.5) is 0 Å². The first-order valence-electron chi connectivity index (χ1n) is 17.7. The maximum absolute atomic E-state index is 14.5. The highest BCUT2D eigenvalue weighted by Gasteiger charge is 2.58. The van der Waals surface area contributed by atoms with Crippen molar-refractivity contribution in [1.82, 2.24) is 15.1 Å². The first-order chi connectivity index (χ1) is 22.7. The summed E-state index contributed by atoms with van der Waals surface area (Å²) in [4.78, 5) is 28.8. The molecule has 1 heterocycles. The molecule has 5 rings (SSSR count). The van der Waals surface area contributed by atoms with Crippen LogP contribution in [0.3, 0.4) is 0 Å². The largest absolute Gasteiger partial charge is 0.496 e. The molecule has 2 fully saturated rings. The number of ether oxygens (including phenoxy) is 3. The third-order valence-electron chi connectivity index (χ3n) is 9.86. The van der Waals surface area contributed by atoms with Gasteiger partial charge in [0.25, 0.3) is 5.91 Å². The SMILES string of the molecule is CC.COc1cccc(OC)c1-c1cc(C(=O)NC2(C(=O)OC(C)(C)C)C(C)CC3CC(C)CC2C3)nn1-c1ccc(C)cc1C(C)C. The molecule has 8 nitrogen and oxygen atoms in total. The van der Waals surface area contributed by atoms with Crippen molar-refractivity contribution in [2.75, 3.05) is 14.2 Å². The molecule has 1 N–H and O–H groups in total. The molecule has 2 aliphatic carbocycles. The molecule has 8 heteroatoms. The Balaban J connectivity index is 0.00000255. The minimum atomic E-state index is -1.16. The molecule has 2 aromatic carbocycles. The van der Waals surface area contributed by atoms with E-state index in [0.717, 1.165) is 42.5 Å². The van der Waals surface area contributed by atoms with Crippen molar-refractivity contribution in [3.05, 3.63) is 59.3 Å². The minimum Gasteiger partial charge on any atom is -0.496 e. The van der Waals surface area contributed by atoms with Crippen LogP contribution in [0.5, 0.6) is 11.5 Å². The van der Waals surface area contributed by atoms with Gasteiger partial charge in [0.15, 0.2) is 5.69 Å². The van der Waals surface area contributed by atoms with E-state index in [1.165, 1.54) is 0 Å². The summed E-state index contributed by atoms with van der Waals surface area (Å²) in [6.07, 6.45) is 3.77. The number of rotatable bonds is 8. The van der Waals surface area contributed by atoms with Crippen LogP contribution < -0.4 is 14.8 Å². The molecule has 48 heavy (non-hydrogen) atoms. The quantitative estimate of drug-likeness (QED) is 0.243. The van der Waals surface area contributed by atoms with Gasteiger partial charge in [0.05, 0.1) is 31.2 Å². The van der Waals surface area contributed by atoms with Gasteiger partial charge >= 0.3 is 5.97 Å². The van der Waals surface area contributed by atoms with E-state index < -0.39 is 17.0 Å². The van der Waals surface area contributed by atoms with Gasteiger partial charge in [0.2, 0.25) is 0 Å². The van der Waals surface area contributed by atoms with Crippen molar-refractivity contribution in [3.8, 4) is 28.4 Å². The molecule has 2 bridgehead atoms. The van der Waals surface area contributed by atoms with Crippen LogP contribution >= 0.6 is 0 Å². The molecular formula is C40H57N3O5. The van der Waals surface area contributed by atoms with Crippen LogP contribution in [0.15, 0.2) is 42.5 Å². The second-order valence-corrected chi connectivity index (χ2v) is 14.9. The lowest BCUT2D eigenvalue weighted by Crippen LogP contribution is -2.67. The number of fused-ring (bicyclic) bond motifs is 2. The number of methoxy groups -OCH3 is 2. The van der Waals surface area contributed by atoms with Gasteiger partial charge in [0.1, 0.15) is 22.6 Å². The molecule has 0 aliphatic heterocycles. The Bertz CT molecular complexity index is 1580. The summed E-state index contributed by atoms with van der Waals surface area (Å²) >= 11 is 0. The van der Waals surface area contributed by atoms with E-state index in [4.69, 9.17) is 19.3 Å². The molecule has 262 valence electrons. The van der Waals surface area contributed by atoms with Crippen molar-refractivity contribution < 1.29 is 23.8 Å². The summed E-state index contributed by atoms with van der Waals surface area (Å²) in [7, 11) is 3.23. The maximum atomic E-state index is 14.5. The Morgan fingerprint density at radius 1 is 0.958 bits per heavy atom. The van der Waals surface area contributed by atoms with Crippen molar-refractivity contribution in [2.24, 2.45) is 23.7 Å². The average Bonchev–Trinajstić information content (AvgIpc) is 3.47. The minimum absolute atomic E-state index is 0.0238. The number of hydrogen-bond donors (Lipinski definition) is 1. The predicted molar refractivity (Wildman–Crippen MR) is 192 cm³/mol. The Kier molecular flexibility index (Phi) is 11.4. The normalized spacial score (nSPS) is 23.5. The zero-order valence-electron chi connectivity index (χ0n) is 31.2. The van der Waals surface area contributed by atoms with Crippen molar-refractivity contribution in [2.45, 2.75) is 112 Å². The van der Waals surface area contributed by atoms with Gasteiger partial charge in [-0.15, -0.1) is 0 Å². The Hall–Kier alpha value is -3.81. The van der Waals surface area contributed by atoms with Crippen molar-refractivity contribution >= 4 is 11.9 Å². The van der Waals surface area contributed by atoms with E-state index in [0.29, 0.717) is 34.6 Å². The number of aromatic nitrogens is 2. The van der Waals surface area contributed by atoms with Gasteiger partial charge in [-0.25, -0.2) is 9.48 Å². The first-order valence-corrected chi connectivity index (χ1v) is 17.7. The van der Waals surface area contributed by atoms with Gasteiger partial charge in [-0.05, 0) is 113 Å². The zero-order valence-corrected chi connectivity index (χ0v) is 31.2. The summed E-state index contributed by atoms with van der Waals surface area (Å²) in [6.45, 7) is 20.3. The molecule has 1 aromatic heterocycles. The number of amides is 1. The van der Waals surface area contributed by atoms with Crippen LogP contribution in [-0.2, 0) is 9.53 Å². The molecule has 2 aliphatic rings. The zero-order chi connectivity index (χ0) is 35.6. The molecule has 5 atom stereocenters. The van der Waals surface area contributed by atoms with Gasteiger partial charge in [-0.3, -0.25) is 4.79 Å². The van der Waals surface area contributed by atoms with Gasteiger partial charge in [-0.1, -0.05) is 65.3 Å². The van der Waals surface area contributed by atoms with Crippen LogP contribution in [0, 0.1) is 30.6 Å². The van der Waals surface area contributed by atoms with E-state index in [1.807, 2.05) is 69.6 Å². The molecule has 0 spiro atoms. The Morgan fingerprint density at radius 3 is 2.19 bits per heavy atom. The fraction of sp³-hybridized carbons (Fsp3) is 0.575. The van der Waals surface area contributed by atoms with Crippen molar-refractivity contribution in [1.29, 1.82) is 0 Å². The van der Waals surface area contributed by atoms with Gasteiger partial charge < -0.3 is 19.5 Å². The lowest BCUT2D eigenvalue weighted by Gasteiger charge is -2.53. The van der Waals surface area contributed by atoms with Gasteiger partial charge in [-0.2, -0.15) is 5.10 Å². The highest BCUT2D eigenvalue weighted by Crippen LogP contribution is 2.51. The highest BCUT2D eigenvalue weighted by atomic mass is 16.6. The summed E-state index contributed by atoms with van der Waals surface area (Å²) in [5, 5.41) is 8.26. The first kappa shape index (κ1) is 37.0. The highest BCUT2D eigenvalue weighted by molar-refractivity contribution is 5.98. The molecular weight excluding hydrogens is 602 g/mol. The smallest absolute Gasteiger partial charge is 0.332 e. The Morgan fingerprint density at radius 2 is 1.60 bits per heavy atom. The predicted octanol–water partition coefficient (Wildman–Crippen LogP) is 8.92. The van der Waals surface area contributed by atoms with Crippen LogP contribution in [0.1, 0.15) is 116 Å². The van der Waals surface area contributed by atoms with Gasteiger partial charge in [0, 0.05) is 0 Å². The summed E-state index contributed by atoms with van der Waals surface area (Å²) in [5.41, 5.74) is 2.79. The summed E-state index contributed by atoms with van der Waals surface area (Å²) < 4.78 is 19.5. The lowest BCUT2D eigenvalue weighted by atomic mass is 9.56. The topological polar surface area (TPSA) is 91.7 Å². The third-order valence-corrected chi connectivity index (χ3v) is 9.86. The fourth-order valence-corrected chi connectivity index (χ4v) is 7.94. The third kappa shape index (κ3) is 7.28. The van der Waals surface area contributed by atoms with E-state index in [1.54, 1.807) is 20.3 Å².